The molecular weight excluding hydrogens is 382 g/mol. The van der Waals surface area contributed by atoms with Gasteiger partial charge in [-0.25, -0.2) is 0 Å². The van der Waals surface area contributed by atoms with Gasteiger partial charge in [-0.3, -0.25) is 14.6 Å². The summed E-state index contributed by atoms with van der Waals surface area (Å²) in [5, 5.41) is 5.43. The highest BCUT2D eigenvalue weighted by Crippen LogP contribution is 2.26. The van der Waals surface area contributed by atoms with Crippen molar-refractivity contribution in [1.29, 1.82) is 0 Å². The van der Waals surface area contributed by atoms with E-state index in [0.29, 0.717) is 34.9 Å². The summed E-state index contributed by atoms with van der Waals surface area (Å²) in [7, 11) is 3.10. The van der Waals surface area contributed by atoms with E-state index in [1.165, 1.54) is 6.20 Å². The SMILES string of the molecule is CNC(=O)c1cc(OC2=CCC(C(=O)Nc3cc(C)ccc3OC)=CC=C2)ccn1. The van der Waals surface area contributed by atoms with Crippen molar-refractivity contribution in [2.24, 2.45) is 0 Å². The molecule has 2 N–H and O–H groups in total. The molecule has 0 saturated carbocycles. The minimum absolute atomic E-state index is 0.216. The molecule has 2 aromatic rings. The number of aromatic nitrogens is 1. The molecule has 0 fully saturated rings. The summed E-state index contributed by atoms with van der Waals surface area (Å²) in [6.07, 6.45) is 8.95. The monoisotopic (exact) mass is 405 g/mol. The highest BCUT2D eigenvalue weighted by Gasteiger charge is 2.14. The lowest BCUT2D eigenvalue weighted by molar-refractivity contribution is -0.112. The molecule has 0 aliphatic heterocycles. The number of hydrogen-bond donors (Lipinski definition) is 2. The van der Waals surface area contributed by atoms with Gasteiger partial charge in [0.05, 0.1) is 12.8 Å². The number of amides is 2. The van der Waals surface area contributed by atoms with Crippen LogP contribution in [0.1, 0.15) is 22.5 Å². The van der Waals surface area contributed by atoms with Crippen molar-refractivity contribution >= 4 is 17.5 Å². The zero-order valence-electron chi connectivity index (χ0n) is 17.1. The van der Waals surface area contributed by atoms with E-state index in [0.717, 1.165) is 5.56 Å². The molecule has 30 heavy (non-hydrogen) atoms. The maximum absolute atomic E-state index is 12.7. The van der Waals surface area contributed by atoms with Gasteiger partial charge in [-0.05, 0) is 49.3 Å². The van der Waals surface area contributed by atoms with Gasteiger partial charge in [0.1, 0.15) is 23.0 Å². The Bertz CT molecular complexity index is 1050. The first kappa shape index (κ1) is 20.9. The number of aryl methyl sites for hydroxylation is 1. The van der Waals surface area contributed by atoms with Crippen LogP contribution in [0.25, 0.3) is 0 Å². The quantitative estimate of drug-likeness (QED) is 0.767. The van der Waals surface area contributed by atoms with Gasteiger partial charge in [-0.15, -0.1) is 0 Å². The first-order valence-electron chi connectivity index (χ1n) is 9.39. The van der Waals surface area contributed by atoms with Crippen LogP contribution in [0.2, 0.25) is 0 Å². The first-order chi connectivity index (χ1) is 14.5. The standard InChI is InChI=1S/C23H23N3O4/c1-15-7-10-21(29-3)19(13-15)26-22(27)16-5-4-6-17(9-8-16)30-18-11-12-25-20(14-18)23(28)24-2/h4-7,9-14H,8H2,1-3H3,(H,24,28)(H,26,27). The Morgan fingerprint density at radius 3 is 2.73 bits per heavy atom. The molecule has 0 spiro atoms. The lowest BCUT2D eigenvalue weighted by Gasteiger charge is -2.12. The number of anilines is 1. The van der Waals surface area contributed by atoms with Gasteiger partial charge in [-0.1, -0.05) is 18.2 Å². The number of nitrogens with zero attached hydrogens (tertiary/aromatic N) is 1. The fourth-order valence-corrected chi connectivity index (χ4v) is 2.83. The molecule has 0 radical (unpaired) electrons. The zero-order chi connectivity index (χ0) is 21.5. The Balaban J connectivity index is 1.69. The summed E-state index contributed by atoms with van der Waals surface area (Å²) in [6.45, 7) is 1.95. The molecule has 154 valence electrons. The molecule has 1 heterocycles. The lowest BCUT2D eigenvalue weighted by Crippen LogP contribution is -2.19. The highest BCUT2D eigenvalue weighted by atomic mass is 16.5. The van der Waals surface area contributed by atoms with Crippen molar-refractivity contribution in [2.45, 2.75) is 13.3 Å². The Morgan fingerprint density at radius 2 is 1.97 bits per heavy atom. The number of allylic oxidation sites excluding steroid dienone is 4. The Morgan fingerprint density at radius 1 is 1.13 bits per heavy atom. The second-order valence-corrected chi connectivity index (χ2v) is 6.58. The summed E-state index contributed by atoms with van der Waals surface area (Å²) in [6, 6.07) is 8.82. The first-order valence-corrected chi connectivity index (χ1v) is 9.39. The molecule has 1 aliphatic carbocycles. The number of pyridine rings is 1. The van der Waals surface area contributed by atoms with Crippen molar-refractivity contribution in [1.82, 2.24) is 10.3 Å². The molecular formula is C23H23N3O4. The Kier molecular flexibility index (Phi) is 6.64. The van der Waals surface area contributed by atoms with Crippen LogP contribution in [0.15, 0.2) is 72.2 Å². The lowest BCUT2D eigenvalue weighted by atomic mass is 10.1. The number of carbonyl (C=O) groups excluding carboxylic acids is 2. The van der Waals surface area contributed by atoms with Gasteiger partial charge in [-0.2, -0.15) is 0 Å². The molecule has 0 bridgehead atoms. The maximum atomic E-state index is 12.7. The zero-order valence-corrected chi connectivity index (χ0v) is 17.1. The van der Waals surface area contributed by atoms with Gasteiger partial charge in [0.25, 0.3) is 11.8 Å². The smallest absolute Gasteiger partial charge is 0.269 e. The van der Waals surface area contributed by atoms with E-state index < -0.39 is 0 Å². The fraction of sp³-hybridized carbons (Fsp3) is 0.174. The number of benzene rings is 1. The van der Waals surface area contributed by atoms with E-state index in [1.807, 2.05) is 31.2 Å². The minimum Gasteiger partial charge on any atom is -0.495 e. The average molecular weight is 405 g/mol. The van der Waals surface area contributed by atoms with Crippen LogP contribution in [0.3, 0.4) is 0 Å². The largest absolute Gasteiger partial charge is 0.495 e. The van der Waals surface area contributed by atoms with Crippen molar-refractivity contribution in [2.75, 3.05) is 19.5 Å². The maximum Gasteiger partial charge on any atom is 0.269 e. The molecule has 7 nitrogen and oxygen atoms in total. The van der Waals surface area contributed by atoms with E-state index in [9.17, 15) is 9.59 Å². The number of carbonyl (C=O) groups is 2. The normalized spacial score (nSPS) is 12.9. The summed E-state index contributed by atoms with van der Waals surface area (Å²) in [5.74, 6) is 1.14. The average Bonchev–Trinajstić information content (AvgIpc) is 2.99. The number of rotatable bonds is 6. The second-order valence-electron chi connectivity index (χ2n) is 6.58. The molecule has 3 rings (SSSR count). The predicted octanol–water partition coefficient (Wildman–Crippen LogP) is 3.55. The summed E-state index contributed by atoms with van der Waals surface area (Å²) in [4.78, 5) is 28.5. The summed E-state index contributed by atoms with van der Waals surface area (Å²) < 4.78 is 11.2. The molecule has 1 aromatic heterocycles. The second kappa shape index (κ2) is 9.56. The Hall–Kier alpha value is -3.87. The molecule has 0 atom stereocenters. The van der Waals surface area contributed by atoms with Crippen LogP contribution in [-0.4, -0.2) is 31.0 Å². The van der Waals surface area contributed by atoms with E-state index in [1.54, 1.807) is 44.5 Å². The van der Waals surface area contributed by atoms with Gasteiger partial charge in [0.2, 0.25) is 0 Å². The van der Waals surface area contributed by atoms with Crippen LogP contribution < -0.4 is 20.1 Å². The van der Waals surface area contributed by atoms with Crippen molar-refractivity contribution in [3.8, 4) is 11.5 Å². The molecule has 7 heteroatoms. The van der Waals surface area contributed by atoms with Crippen molar-refractivity contribution < 1.29 is 19.1 Å². The number of methoxy groups -OCH3 is 1. The van der Waals surface area contributed by atoms with E-state index in [4.69, 9.17) is 9.47 Å². The Labute approximate surface area is 175 Å². The summed E-state index contributed by atoms with van der Waals surface area (Å²) >= 11 is 0. The topological polar surface area (TPSA) is 89.5 Å². The van der Waals surface area contributed by atoms with Crippen LogP contribution >= 0.6 is 0 Å². The van der Waals surface area contributed by atoms with Crippen molar-refractivity contribution in [3.63, 3.8) is 0 Å². The minimum atomic E-state index is -0.293. The van der Waals surface area contributed by atoms with E-state index in [-0.39, 0.29) is 17.5 Å². The molecule has 1 aromatic carbocycles. The predicted molar refractivity (Wildman–Crippen MR) is 115 cm³/mol. The van der Waals surface area contributed by atoms with E-state index >= 15 is 0 Å². The molecule has 0 unspecified atom stereocenters. The number of nitrogens with one attached hydrogen (secondary N) is 2. The van der Waals surface area contributed by atoms with Gasteiger partial charge in [0, 0.05) is 24.9 Å². The molecule has 0 saturated heterocycles. The van der Waals surface area contributed by atoms with Crippen LogP contribution in [0, 0.1) is 6.92 Å². The third-order valence-electron chi connectivity index (χ3n) is 4.40. The van der Waals surface area contributed by atoms with Gasteiger partial charge in [0.15, 0.2) is 0 Å². The molecule has 2 amide bonds. The summed E-state index contributed by atoms with van der Waals surface area (Å²) in [5.41, 5.74) is 2.48. The van der Waals surface area contributed by atoms with Crippen LogP contribution in [0.5, 0.6) is 11.5 Å². The number of hydrogen-bond acceptors (Lipinski definition) is 5. The van der Waals surface area contributed by atoms with Gasteiger partial charge >= 0.3 is 0 Å². The van der Waals surface area contributed by atoms with Crippen molar-refractivity contribution in [3.05, 3.63) is 83.4 Å². The van der Waals surface area contributed by atoms with Gasteiger partial charge < -0.3 is 20.1 Å². The third kappa shape index (κ3) is 5.14. The fourth-order valence-electron chi connectivity index (χ4n) is 2.83. The van der Waals surface area contributed by atoms with Crippen LogP contribution in [0.4, 0.5) is 5.69 Å². The molecule has 1 aliphatic rings. The highest BCUT2D eigenvalue weighted by molar-refractivity contribution is 6.05. The van der Waals surface area contributed by atoms with E-state index in [2.05, 4.69) is 15.6 Å². The third-order valence-corrected chi connectivity index (χ3v) is 4.40. The van der Waals surface area contributed by atoms with Crippen LogP contribution in [-0.2, 0) is 4.79 Å². The number of ether oxygens (including phenoxy) is 2.